The molecular formula is C19H30N4O. The van der Waals surface area contributed by atoms with E-state index in [9.17, 15) is 4.79 Å². The molecule has 132 valence electrons. The van der Waals surface area contributed by atoms with Gasteiger partial charge in [-0.2, -0.15) is 5.10 Å². The number of likely N-dealkylation sites (tertiary alicyclic amines) is 1. The fourth-order valence-corrected chi connectivity index (χ4v) is 3.92. The monoisotopic (exact) mass is 330 g/mol. The van der Waals surface area contributed by atoms with Crippen LogP contribution in [0.2, 0.25) is 0 Å². The summed E-state index contributed by atoms with van der Waals surface area (Å²) in [6, 6.07) is 2.12. The zero-order valence-electron chi connectivity index (χ0n) is 14.8. The first-order chi connectivity index (χ1) is 11.7. The van der Waals surface area contributed by atoms with Gasteiger partial charge in [0, 0.05) is 31.4 Å². The highest BCUT2D eigenvalue weighted by Crippen LogP contribution is 2.27. The van der Waals surface area contributed by atoms with Crippen LogP contribution in [0.4, 0.5) is 0 Å². The van der Waals surface area contributed by atoms with Gasteiger partial charge < -0.3 is 5.32 Å². The van der Waals surface area contributed by atoms with Crippen LogP contribution >= 0.6 is 0 Å². The van der Waals surface area contributed by atoms with Crippen LogP contribution in [-0.4, -0.2) is 46.8 Å². The first-order valence-electron chi connectivity index (χ1n) is 9.37. The molecule has 1 saturated heterocycles. The molecule has 2 heterocycles. The van der Waals surface area contributed by atoms with Crippen molar-refractivity contribution in [3.05, 3.63) is 29.6 Å². The molecule has 1 aromatic rings. The number of nitrogens with one attached hydrogen (secondary N) is 1. The Bertz CT molecular complexity index is 570. The van der Waals surface area contributed by atoms with Crippen molar-refractivity contribution in [3.63, 3.8) is 0 Å². The molecule has 0 saturated carbocycles. The topological polar surface area (TPSA) is 50.2 Å². The molecule has 2 aliphatic rings. The fourth-order valence-electron chi connectivity index (χ4n) is 3.92. The van der Waals surface area contributed by atoms with Crippen LogP contribution in [0.25, 0.3) is 0 Å². The van der Waals surface area contributed by atoms with E-state index in [1.165, 1.54) is 37.0 Å². The van der Waals surface area contributed by atoms with Crippen molar-refractivity contribution in [2.24, 2.45) is 7.05 Å². The maximum absolute atomic E-state index is 12.1. The number of carbonyl (C=O) groups is 1. The van der Waals surface area contributed by atoms with Gasteiger partial charge in [0.05, 0.1) is 6.54 Å². The lowest BCUT2D eigenvalue weighted by Gasteiger charge is -2.31. The number of aryl methyl sites for hydroxylation is 1. The molecule has 1 fully saturated rings. The van der Waals surface area contributed by atoms with Gasteiger partial charge in [-0.25, -0.2) is 0 Å². The Kier molecular flexibility index (Phi) is 6.07. The van der Waals surface area contributed by atoms with Crippen molar-refractivity contribution in [2.45, 2.75) is 50.9 Å². The third-order valence-corrected chi connectivity index (χ3v) is 5.39. The third kappa shape index (κ3) is 4.69. The highest BCUT2D eigenvalue weighted by atomic mass is 16.2. The lowest BCUT2D eigenvalue weighted by molar-refractivity contribution is -0.122. The molecule has 1 aliphatic carbocycles. The maximum Gasteiger partial charge on any atom is 0.234 e. The van der Waals surface area contributed by atoms with Crippen LogP contribution in [-0.2, 0) is 11.8 Å². The van der Waals surface area contributed by atoms with Crippen LogP contribution in [0.3, 0.4) is 0 Å². The maximum atomic E-state index is 12.1. The van der Waals surface area contributed by atoms with E-state index in [1.54, 1.807) is 0 Å². The number of piperidine rings is 1. The van der Waals surface area contributed by atoms with Gasteiger partial charge in [-0.15, -0.1) is 0 Å². The number of rotatable bonds is 6. The van der Waals surface area contributed by atoms with Crippen LogP contribution in [0.5, 0.6) is 0 Å². The van der Waals surface area contributed by atoms with E-state index in [0.29, 0.717) is 12.5 Å². The van der Waals surface area contributed by atoms with Crippen molar-refractivity contribution < 1.29 is 4.79 Å². The number of amides is 1. The lowest BCUT2D eigenvalue weighted by atomic mass is 9.93. The van der Waals surface area contributed by atoms with Crippen molar-refractivity contribution in [3.8, 4) is 0 Å². The van der Waals surface area contributed by atoms with E-state index in [4.69, 9.17) is 0 Å². The molecule has 5 heteroatoms. The molecule has 1 N–H and O–H groups in total. The second-order valence-corrected chi connectivity index (χ2v) is 7.14. The fraction of sp³-hybridized carbons (Fsp3) is 0.684. The molecule has 0 spiro atoms. The third-order valence-electron chi connectivity index (χ3n) is 5.39. The summed E-state index contributed by atoms with van der Waals surface area (Å²) in [4.78, 5) is 14.4. The molecule has 24 heavy (non-hydrogen) atoms. The Labute approximate surface area is 145 Å². The Morgan fingerprint density at radius 1 is 1.33 bits per heavy atom. The average Bonchev–Trinajstić information content (AvgIpc) is 3.03. The van der Waals surface area contributed by atoms with Gasteiger partial charge in [-0.05, 0) is 64.1 Å². The highest BCUT2D eigenvalue weighted by Gasteiger charge is 2.23. The molecule has 0 radical (unpaired) electrons. The predicted octanol–water partition coefficient (Wildman–Crippen LogP) is 2.61. The van der Waals surface area contributed by atoms with E-state index in [2.05, 4.69) is 27.5 Å². The van der Waals surface area contributed by atoms with Gasteiger partial charge in [0.25, 0.3) is 0 Å². The summed E-state index contributed by atoms with van der Waals surface area (Å²) >= 11 is 0. The number of aromatic nitrogens is 2. The van der Waals surface area contributed by atoms with Crippen LogP contribution in [0.1, 0.15) is 56.6 Å². The van der Waals surface area contributed by atoms with E-state index < -0.39 is 0 Å². The SMILES string of the molecule is Cn1nccc1C1CCN(CC(=O)NCCC2=CCCCC2)CC1. The first kappa shape index (κ1) is 17.2. The predicted molar refractivity (Wildman–Crippen MR) is 95.8 cm³/mol. The molecule has 1 aromatic heterocycles. The van der Waals surface area contributed by atoms with E-state index in [1.807, 2.05) is 17.9 Å². The summed E-state index contributed by atoms with van der Waals surface area (Å²) in [7, 11) is 2.01. The van der Waals surface area contributed by atoms with Crippen molar-refractivity contribution >= 4 is 5.91 Å². The van der Waals surface area contributed by atoms with Gasteiger partial charge in [0.2, 0.25) is 5.91 Å². The summed E-state index contributed by atoms with van der Waals surface area (Å²) in [5.41, 5.74) is 2.85. The smallest absolute Gasteiger partial charge is 0.234 e. The van der Waals surface area contributed by atoms with Gasteiger partial charge in [0.15, 0.2) is 0 Å². The zero-order chi connectivity index (χ0) is 16.8. The molecule has 1 aliphatic heterocycles. The number of hydrogen-bond donors (Lipinski definition) is 1. The lowest BCUT2D eigenvalue weighted by Crippen LogP contribution is -2.41. The molecule has 0 bridgehead atoms. The summed E-state index contributed by atoms with van der Waals surface area (Å²) < 4.78 is 1.98. The van der Waals surface area contributed by atoms with Crippen LogP contribution in [0.15, 0.2) is 23.9 Å². The van der Waals surface area contributed by atoms with E-state index in [0.717, 1.165) is 38.9 Å². The average molecular weight is 330 g/mol. The minimum absolute atomic E-state index is 0.172. The zero-order valence-corrected chi connectivity index (χ0v) is 14.8. The summed E-state index contributed by atoms with van der Waals surface area (Å²) in [6.07, 6.45) is 12.5. The van der Waals surface area contributed by atoms with Crippen molar-refractivity contribution in [1.29, 1.82) is 0 Å². The van der Waals surface area contributed by atoms with Crippen molar-refractivity contribution in [1.82, 2.24) is 20.0 Å². The molecule has 5 nitrogen and oxygen atoms in total. The van der Waals surface area contributed by atoms with Gasteiger partial charge in [-0.3, -0.25) is 14.4 Å². The highest BCUT2D eigenvalue weighted by molar-refractivity contribution is 5.78. The van der Waals surface area contributed by atoms with Gasteiger partial charge in [0.1, 0.15) is 0 Å². The second kappa shape index (κ2) is 8.47. The molecule has 0 unspecified atom stereocenters. The van der Waals surface area contributed by atoms with Gasteiger partial charge >= 0.3 is 0 Å². The number of nitrogens with zero attached hydrogens (tertiary/aromatic N) is 3. The van der Waals surface area contributed by atoms with Crippen LogP contribution < -0.4 is 5.32 Å². The normalized spacial score (nSPS) is 20.0. The number of hydrogen-bond acceptors (Lipinski definition) is 3. The summed E-state index contributed by atoms with van der Waals surface area (Å²) in [5, 5.41) is 7.36. The minimum Gasteiger partial charge on any atom is -0.355 e. The Morgan fingerprint density at radius 2 is 2.17 bits per heavy atom. The Morgan fingerprint density at radius 3 is 2.83 bits per heavy atom. The van der Waals surface area contributed by atoms with E-state index in [-0.39, 0.29) is 5.91 Å². The molecule has 0 aromatic carbocycles. The standard InChI is InChI=1S/C19H30N4O/c1-22-18(8-12-21-22)17-9-13-23(14-10-17)15-19(24)20-11-7-16-5-3-2-4-6-16/h5,8,12,17H,2-4,6-7,9-11,13-15H2,1H3,(H,20,24). The number of allylic oxidation sites excluding steroid dienone is 1. The molecular weight excluding hydrogens is 300 g/mol. The molecule has 3 rings (SSSR count). The summed E-state index contributed by atoms with van der Waals surface area (Å²) in [6.45, 7) is 3.32. The van der Waals surface area contributed by atoms with E-state index >= 15 is 0 Å². The van der Waals surface area contributed by atoms with Crippen molar-refractivity contribution in [2.75, 3.05) is 26.2 Å². The Balaban J connectivity index is 1.34. The molecule has 1 amide bonds. The summed E-state index contributed by atoms with van der Waals surface area (Å²) in [5.74, 6) is 0.750. The first-order valence-corrected chi connectivity index (χ1v) is 9.37. The van der Waals surface area contributed by atoms with Crippen LogP contribution in [0, 0.1) is 0 Å². The molecule has 0 atom stereocenters. The number of carbonyl (C=O) groups excluding carboxylic acids is 1. The largest absolute Gasteiger partial charge is 0.355 e. The minimum atomic E-state index is 0.172. The van der Waals surface area contributed by atoms with Gasteiger partial charge in [-0.1, -0.05) is 11.6 Å². The quantitative estimate of drug-likeness (QED) is 0.816. The Hall–Kier alpha value is -1.62. The second-order valence-electron chi connectivity index (χ2n) is 7.14.